The van der Waals surface area contributed by atoms with Gasteiger partial charge in [0, 0.05) is 6.92 Å². The third kappa shape index (κ3) is 5.78. The van der Waals surface area contributed by atoms with Crippen LogP contribution in [-0.2, 0) is 9.53 Å². The van der Waals surface area contributed by atoms with Gasteiger partial charge in [0.05, 0.1) is 6.61 Å². The second kappa shape index (κ2) is 5.44. The predicted molar refractivity (Wildman–Crippen MR) is 40.7 cm³/mol. The van der Waals surface area contributed by atoms with Crippen LogP contribution in [0.2, 0.25) is 0 Å². The third-order valence-corrected chi connectivity index (χ3v) is 1.16. The minimum atomic E-state index is -0.433. The van der Waals surface area contributed by atoms with Crippen molar-refractivity contribution in [1.82, 2.24) is 0 Å². The normalized spacial score (nSPS) is 13.5. The van der Waals surface area contributed by atoms with Crippen molar-refractivity contribution in [3.8, 4) is 0 Å². The molecule has 0 aromatic rings. The van der Waals surface area contributed by atoms with Gasteiger partial charge < -0.3 is 9.84 Å². The summed E-state index contributed by atoms with van der Waals surface area (Å²) in [6.45, 7) is 1.27. The highest BCUT2D eigenvalue weighted by Crippen LogP contribution is 2.02. The van der Waals surface area contributed by atoms with Gasteiger partial charge in [-0.2, -0.15) is 0 Å². The lowest BCUT2D eigenvalue weighted by Gasteiger charge is -2.02. The lowest BCUT2D eigenvalue weighted by Crippen LogP contribution is -2.05. The Kier molecular flexibility index (Phi) is 5.25. The smallest absolute Gasteiger partial charge is 0.304 e. The fourth-order valence-electron chi connectivity index (χ4n) is 0.366. The number of halogens is 1. The largest absolute Gasteiger partial charge is 0.447 e. The molecule has 0 rings (SSSR count). The first-order valence-corrected chi connectivity index (χ1v) is 3.67. The molecule has 0 aliphatic rings. The average Bonchev–Trinajstić information content (AvgIpc) is 1.82. The van der Waals surface area contributed by atoms with Crippen LogP contribution in [0, 0.1) is 0 Å². The fourth-order valence-corrected chi connectivity index (χ4v) is 0.845. The lowest BCUT2D eigenvalue weighted by atomic mass is 10.5. The summed E-state index contributed by atoms with van der Waals surface area (Å²) in [5, 5.41) is 7.87. The molecule has 0 radical (unpaired) electrons. The number of hydrogen-bond acceptors (Lipinski definition) is 3. The average molecular weight is 209 g/mol. The van der Waals surface area contributed by atoms with Crippen molar-refractivity contribution in [3.05, 3.63) is 12.2 Å². The first kappa shape index (κ1) is 9.65. The number of alkyl halides is 1. The third-order valence-electron chi connectivity index (χ3n) is 0.671. The second-order valence-corrected chi connectivity index (χ2v) is 2.47. The maximum absolute atomic E-state index is 10.3. The van der Waals surface area contributed by atoms with Gasteiger partial charge in [-0.3, -0.25) is 4.79 Å². The fraction of sp³-hybridized carbons (Fsp3) is 0.500. The van der Waals surface area contributed by atoms with E-state index >= 15 is 0 Å². The Balaban J connectivity index is 3.52. The van der Waals surface area contributed by atoms with Crippen LogP contribution < -0.4 is 0 Å². The van der Waals surface area contributed by atoms with Crippen molar-refractivity contribution in [2.45, 2.75) is 11.9 Å². The van der Waals surface area contributed by atoms with Gasteiger partial charge in [0.1, 0.15) is 0 Å². The van der Waals surface area contributed by atoms with Crippen LogP contribution >= 0.6 is 15.9 Å². The highest BCUT2D eigenvalue weighted by atomic mass is 79.9. The van der Waals surface area contributed by atoms with Crippen LogP contribution in [0.1, 0.15) is 6.92 Å². The van der Waals surface area contributed by atoms with Crippen molar-refractivity contribution in [3.63, 3.8) is 0 Å². The van der Waals surface area contributed by atoms with Crippen LogP contribution in [0.15, 0.2) is 12.2 Å². The van der Waals surface area contributed by atoms with E-state index in [0.717, 1.165) is 0 Å². The van der Waals surface area contributed by atoms with Gasteiger partial charge in [0.2, 0.25) is 0 Å². The van der Waals surface area contributed by atoms with Gasteiger partial charge >= 0.3 is 5.97 Å². The van der Waals surface area contributed by atoms with Crippen molar-refractivity contribution >= 4 is 21.9 Å². The van der Waals surface area contributed by atoms with E-state index < -0.39 is 5.01 Å². The Bertz CT molecular complexity index is 133. The zero-order chi connectivity index (χ0) is 7.98. The maximum atomic E-state index is 10.3. The topological polar surface area (TPSA) is 46.5 Å². The summed E-state index contributed by atoms with van der Waals surface area (Å²) in [5.41, 5.74) is 0. The zero-order valence-corrected chi connectivity index (χ0v) is 7.17. The van der Waals surface area contributed by atoms with E-state index in [9.17, 15) is 4.79 Å². The predicted octanol–water partition coefficient (Wildman–Crippen LogP) is 0.819. The molecule has 0 spiro atoms. The molecule has 0 saturated heterocycles. The molecule has 4 heteroatoms. The standard InChI is InChI=1S/C6H9BrO3/c1-5(9)10-6(7)3-2-4-8/h2-3,6,8H,4H2,1H3. The van der Waals surface area contributed by atoms with Crippen molar-refractivity contribution in [2.75, 3.05) is 6.61 Å². The van der Waals surface area contributed by atoms with E-state index in [0.29, 0.717) is 0 Å². The second-order valence-electron chi connectivity index (χ2n) is 1.57. The van der Waals surface area contributed by atoms with Gasteiger partial charge in [-0.25, -0.2) is 0 Å². The van der Waals surface area contributed by atoms with E-state index in [2.05, 4.69) is 20.7 Å². The summed E-state index contributed by atoms with van der Waals surface area (Å²) in [5.74, 6) is -0.357. The Morgan fingerprint density at radius 1 is 1.90 bits per heavy atom. The molecule has 0 aliphatic heterocycles. The number of rotatable bonds is 3. The number of aliphatic hydroxyl groups excluding tert-OH is 1. The molecular formula is C6H9BrO3. The molecule has 0 aromatic carbocycles. The molecule has 0 amide bonds. The number of esters is 1. The lowest BCUT2D eigenvalue weighted by molar-refractivity contribution is -0.140. The van der Waals surface area contributed by atoms with E-state index in [4.69, 9.17) is 5.11 Å². The summed E-state index contributed by atoms with van der Waals surface area (Å²) in [7, 11) is 0. The summed E-state index contributed by atoms with van der Waals surface area (Å²) >= 11 is 3.04. The quantitative estimate of drug-likeness (QED) is 0.425. The first-order valence-electron chi connectivity index (χ1n) is 2.75. The van der Waals surface area contributed by atoms with Crippen LogP contribution in [0.5, 0.6) is 0 Å². The van der Waals surface area contributed by atoms with E-state index in [-0.39, 0.29) is 12.6 Å². The van der Waals surface area contributed by atoms with Crippen LogP contribution in [0.3, 0.4) is 0 Å². The monoisotopic (exact) mass is 208 g/mol. The molecule has 0 aliphatic carbocycles. The molecule has 1 atom stereocenters. The molecule has 58 valence electrons. The molecule has 0 aromatic heterocycles. The van der Waals surface area contributed by atoms with Crippen molar-refractivity contribution in [1.29, 1.82) is 0 Å². The van der Waals surface area contributed by atoms with Crippen LogP contribution in [0.25, 0.3) is 0 Å². The number of ether oxygens (including phenoxy) is 1. The minimum absolute atomic E-state index is 0.0522. The molecule has 1 N–H and O–H groups in total. The number of hydrogen-bond donors (Lipinski definition) is 1. The Labute approximate surface area is 67.8 Å². The van der Waals surface area contributed by atoms with Crippen LogP contribution in [-0.4, -0.2) is 22.7 Å². The Morgan fingerprint density at radius 3 is 2.90 bits per heavy atom. The summed E-state index contributed by atoms with van der Waals surface area (Å²) < 4.78 is 4.63. The number of aliphatic hydroxyl groups is 1. The molecule has 0 saturated carbocycles. The van der Waals surface area contributed by atoms with E-state index in [1.54, 1.807) is 6.08 Å². The molecule has 1 unspecified atom stereocenters. The van der Waals surface area contributed by atoms with E-state index in [1.807, 2.05) is 0 Å². The van der Waals surface area contributed by atoms with E-state index in [1.165, 1.54) is 13.0 Å². The highest BCUT2D eigenvalue weighted by Gasteiger charge is 1.99. The molecular weight excluding hydrogens is 200 g/mol. The van der Waals surface area contributed by atoms with Gasteiger partial charge in [-0.15, -0.1) is 0 Å². The number of carbonyl (C=O) groups excluding carboxylic acids is 1. The van der Waals surface area contributed by atoms with Gasteiger partial charge in [-0.05, 0) is 22.0 Å². The molecule has 0 heterocycles. The molecule has 10 heavy (non-hydrogen) atoms. The van der Waals surface area contributed by atoms with Gasteiger partial charge in [0.25, 0.3) is 0 Å². The Morgan fingerprint density at radius 2 is 2.50 bits per heavy atom. The Hall–Kier alpha value is -0.350. The summed E-state index contributed by atoms with van der Waals surface area (Å²) in [6.07, 6.45) is 3.03. The van der Waals surface area contributed by atoms with Crippen molar-refractivity contribution in [2.24, 2.45) is 0 Å². The highest BCUT2D eigenvalue weighted by molar-refractivity contribution is 9.09. The van der Waals surface area contributed by atoms with Gasteiger partial charge in [0.15, 0.2) is 5.01 Å². The minimum Gasteiger partial charge on any atom is -0.447 e. The molecule has 0 fully saturated rings. The van der Waals surface area contributed by atoms with Crippen molar-refractivity contribution < 1.29 is 14.6 Å². The first-order chi connectivity index (χ1) is 4.66. The van der Waals surface area contributed by atoms with Gasteiger partial charge in [-0.1, -0.05) is 6.08 Å². The molecule has 3 nitrogen and oxygen atoms in total. The number of carbonyl (C=O) groups is 1. The molecule has 0 bridgehead atoms. The SMILES string of the molecule is CC(=O)OC(Br)C=CCO. The summed E-state index contributed by atoms with van der Waals surface area (Å²) in [6, 6.07) is 0. The zero-order valence-electron chi connectivity index (χ0n) is 5.58. The van der Waals surface area contributed by atoms with Crippen LogP contribution in [0.4, 0.5) is 0 Å². The summed E-state index contributed by atoms with van der Waals surface area (Å²) in [4.78, 5) is 10.3. The maximum Gasteiger partial charge on any atom is 0.304 e.